The number of carbonyl (C=O) groups excluding carboxylic acids is 1. The van der Waals surface area contributed by atoms with Gasteiger partial charge in [-0.15, -0.1) is 0 Å². The highest BCUT2D eigenvalue weighted by atomic mass is 32.2. The standard InChI is InChI=1S/C11H16O4S/c1-7(12)8(2)16-6-9-4-5-15-10(9)11(13)14-3/h4-5,7-8,12H,6H2,1-3H3. The van der Waals surface area contributed by atoms with Gasteiger partial charge in [-0.05, 0) is 13.0 Å². The van der Waals surface area contributed by atoms with Crippen LogP contribution in [-0.4, -0.2) is 29.5 Å². The summed E-state index contributed by atoms with van der Waals surface area (Å²) < 4.78 is 9.66. The van der Waals surface area contributed by atoms with E-state index in [0.29, 0.717) is 5.75 Å². The number of aliphatic hydroxyl groups excluding tert-OH is 1. The molecular formula is C11H16O4S. The molecule has 5 heteroatoms. The van der Waals surface area contributed by atoms with Crippen molar-refractivity contribution in [3.05, 3.63) is 23.7 Å². The van der Waals surface area contributed by atoms with Crippen LogP contribution in [0.25, 0.3) is 0 Å². The number of hydrogen-bond donors (Lipinski definition) is 1. The molecule has 0 radical (unpaired) electrons. The Morgan fingerprint density at radius 3 is 2.88 bits per heavy atom. The van der Waals surface area contributed by atoms with Crippen LogP contribution in [0, 0.1) is 0 Å². The molecule has 1 rings (SSSR count). The van der Waals surface area contributed by atoms with E-state index in [1.54, 1.807) is 24.8 Å². The molecule has 0 amide bonds. The highest BCUT2D eigenvalue weighted by Gasteiger charge is 2.17. The fourth-order valence-corrected chi connectivity index (χ4v) is 2.03. The van der Waals surface area contributed by atoms with Crippen molar-refractivity contribution in [2.75, 3.05) is 7.11 Å². The fourth-order valence-electron chi connectivity index (χ4n) is 1.08. The van der Waals surface area contributed by atoms with E-state index in [4.69, 9.17) is 4.42 Å². The Morgan fingerprint density at radius 1 is 1.62 bits per heavy atom. The molecule has 0 aliphatic carbocycles. The monoisotopic (exact) mass is 244 g/mol. The van der Waals surface area contributed by atoms with E-state index >= 15 is 0 Å². The minimum atomic E-state index is -0.467. The van der Waals surface area contributed by atoms with Gasteiger partial charge in [-0.3, -0.25) is 0 Å². The van der Waals surface area contributed by atoms with Crippen LogP contribution in [0.3, 0.4) is 0 Å². The molecule has 1 heterocycles. The average Bonchev–Trinajstić information content (AvgIpc) is 2.72. The van der Waals surface area contributed by atoms with Crippen LogP contribution >= 0.6 is 11.8 Å². The molecule has 0 saturated heterocycles. The molecule has 0 aliphatic rings. The largest absolute Gasteiger partial charge is 0.463 e. The molecule has 90 valence electrons. The highest BCUT2D eigenvalue weighted by Crippen LogP contribution is 2.23. The second kappa shape index (κ2) is 5.96. The summed E-state index contributed by atoms with van der Waals surface area (Å²) in [6.07, 6.45) is 1.09. The first kappa shape index (κ1) is 13.1. The maximum Gasteiger partial charge on any atom is 0.374 e. The number of aliphatic hydroxyl groups is 1. The van der Waals surface area contributed by atoms with Crippen LogP contribution in [0.4, 0.5) is 0 Å². The van der Waals surface area contributed by atoms with Gasteiger partial charge in [0.15, 0.2) is 0 Å². The van der Waals surface area contributed by atoms with Gasteiger partial charge >= 0.3 is 5.97 Å². The van der Waals surface area contributed by atoms with E-state index in [1.165, 1.54) is 13.4 Å². The van der Waals surface area contributed by atoms with E-state index in [0.717, 1.165) is 5.56 Å². The lowest BCUT2D eigenvalue weighted by molar-refractivity contribution is 0.0564. The molecule has 4 nitrogen and oxygen atoms in total. The van der Waals surface area contributed by atoms with Crippen molar-refractivity contribution < 1.29 is 19.1 Å². The topological polar surface area (TPSA) is 59.7 Å². The lowest BCUT2D eigenvalue weighted by Gasteiger charge is -2.13. The highest BCUT2D eigenvalue weighted by molar-refractivity contribution is 7.99. The first-order chi connectivity index (χ1) is 7.56. The third kappa shape index (κ3) is 3.28. The third-order valence-electron chi connectivity index (χ3n) is 2.30. The molecule has 0 aromatic carbocycles. The second-order valence-corrected chi connectivity index (χ2v) is 4.89. The zero-order chi connectivity index (χ0) is 12.1. The number of carbonyl (C=O) groups is 1. The Kier molecular flexibility index (Phi) is 4.89. The molecule has 1 aromatic heterocycles. The van der Waals surface area contributed by atoms with Crippen molar-refractivity contribution in [3.63, 3.8) is 0 Å². The number of furan rings is 1. The predicted octanol–water partition coefficient (Wildman–Crippen LogP) is 2.07. The minimum Gasteiger partial charge on any atom is -0.463 e. The van der Waals surface area contributed by atoms with Crippen LogP contribution in [-0.2, 0) is 10.5 Å². The normalized spacial score (nSPS) is 14.5. The van der Waals surface area contributed by atoms with Crippen molar-refractivity contribution in [2.24, 2.45) is 0 Å². The van der Waals surface area contributed by atoms with Gasteiger partial charge < -0.3 is 14.3 Å². The van der Waals surface area contributed by atoms with Crippen molar-refractivity contribution in [1.82, 2.24) is 0 Å². The summed E-state index contributed by atoms with van der Waals surface area (Å²) in [6.45, 7) is 3.68. The van der Waals surface area contributed by atoms with Crippen LogP contribution < -0.4 is 0 Å². The van der Waals surface area contributed by atoms with Crippen molar-refractivity contribution >= 4 is 17.7 Å². The minimum absolute atomic E-state index is 0.111. The predicted molar refractivity (Wildman–Crippen MR) is 62.5 cm³/mol. The fraction of sp³-hybridized carbons (Fsp3) is 0.545. The van der Waals surface area contributed by atoms with Crippen molar-refractivity contribution in [2.45, 2.75) is 31.0 Å². The zero-order valence-corrected chi connectivity index (χ0v) is 10.4. The lowest BCUT2D eigenvalue weighted by Crippen LogP contribution is -2.15. The van der Waals surface area contributed by atoms with Gasteiger partial charge in [-0.25, -0.2) is 4.79 Å². The first-order valence-electron chi connectivity index (χ1n) is 5.00. The van der Waals surface area contributed by atoms with Gasteiger partial charge in [-0.2, -0.15) is 11.8 Å². The van der Waals surface area contributed by atoms with Crippen LogP contribution in [0.1, 0.15) is 30.0 Å². The van der Waals surface area contributed by atoms with E-state index in [1.807, 2.05) is 6.92 Å². The quantitative estimate of drug-likeness (QED) is 0.803. The summed E-state index contributed by atoms with van der Waals surface area (Å²) in [5, 5.41) is 9.45. The summed E-state index contributed by atoms with van der Waals surface area (Å²) >= 11 is 1.57. The molecule has 16 heavy (non-hydrogen) atoms. The van der Waals surface area contributed by atoms with Gasteiger partial charge in [0.25, 0.3) is 0 Å². The van der Waals surface area contributed by atoms with E-state index in [-0.39, 0.29) is 17.1 Å². The maximum absolute atomic E-state index is 11.3. The van der Waals surface area contributed by atoms with Gasteiger partial charge in [0.2, 0.25) is 5.76 Å². The molecule has 0 spiro atoms. The summed E-state index contributed by atoms with van der Waals surface area (Å²) in [6, 6.07) is 1.74. The summed E-state index contributed by atoms with van der Waals surface area (Å²) in [5.74, 6) is 0.394. The van der Waals surface area contributed by atoms with E-state index in [9.17, 15) is 9.90 Å². The van der Waals surface area contributed by atoms with Crippen molar-refractivity contribution in [1.29, 1.82) is 0 Å². The average molecular weight is 244 g/mol. The first-order valence-corrected chi connectivity index (χ1v) is 6.05. The maximum atomic E-state index is 11.3. The molecule has 0 bridgehead atoms. The number of methoxy groups -OCH3 is 1. The van der Waals surface area contributed by atoms with E-state index in [2.05, 4.69) is 4.74 Å². The third-order valence-corrected chi connectivity index (χ3v) is 3.70. The molecule has 0 fully saturated rings. The molecule has 1 aromatic rings. The number of rotatable bonds is 5. The number of thioether (sulfide) groups is 1. The van der Waals surface area contributed by atoms with Crippen LogP contribution in [0.2, 0.25) is 0 Å². The number of ether oxygens (including phenoxy) is 1. The van der Waals surface area contributed by atoms with Gasteiger partial charge in [0.05, 0.1) is 19.5 Å². The van der Waals surface area contributed by atoms with Gasteiger partial charge in [-0.1, -0.05) is 6.92 Å². The Labute approximate surface area is 99.0 Å². The molecule has 0 aliphatic heterocycles. The Hall–Kier alpha value is -0.940. The summed E-state index contributed by atoms with van der Waals surface area (Å²) in [4.78, 5) is 11.3. The lowest BCUT2D eigenvalue weighted by atomic mass is 10.3. The Morgan fingerprint density at radius 2 is 2.31 bits per heavy atom. The van der Waals surface area contributed by atoms with Gasteiger partial charge in [0.1, 0.15) is 0 Å². The number of esters is 1. The smallest absolute Gasteiger partial charge is 0.374 e. The SMILES string of the molecule is COC(=O)c1occc1CSC(C)C(C)O. The van der Waals surface area contributed by atoms with Crippen LogP contribution in [0.5, 0.6) is 0 Å². The molecule has 1 N–H and O–H groups in total. The molecule has 2 atom stereocenters. The molecular weight excluding hydrogens is 228 g/mol. The Bertz CT molecular complexity index is 346. The summed E-state index contributed by atoms with van der Waals surface area (Å²) in [7, 11) is 1.32. The zero-order valence-electron chi connectivity index (χ0n) is 9.60. The Balaban J connectivity index is 2.61. The van der Waals surface area contributed by atoms with Crippen LogP contribution in [0.15, 0.2) is 16.7 Å². The van der Waals surface area contributed by atoms with E-state index < -0.39 is 5.97 Å². The van der Waals surface area contributed by atoms with Crippen molar-refractivity contribution in [3.8, 4) is 0 Å². The second-order valence-electron chi connectivity index (χ2n) is 3.52. The van der Waals surface area contributed by atoms with Gasteiger partial charge in [0, 0.05) is 16.6 Å². The molecule has 0 saturated carbocycles. The molecule has 2 unspecified atom stereocenters. The summed E-state index contributed by atoms with van der Waals surface area (Å²) in [5.41, 5.74) is 0.796. The number of hydrogen-bond acceptors (Lipinski definition) is 5.